The Balaban J connectivity index is 1.73. The van der Waals surface area contributed by atoms with E-state index in [0.717, 1.165) is 25.1 Å². The number of rotatable bonds is 9. The lowest BCUT2D eigenvalue weighted by atomic mass is 9.73. The first-order valence-corrected chi connectivity index (χ1v) is 20.4. The van der Waals surface area contributed by atoms with Crippen LogP contribution in [0, 0.1) is 17.8 Å². The molecule has 0 bridgehead atoms. The molecule has 318 valence electrons. The highest BCUT2D eigenvalue weighted by Crippen LogP contribution is 2.42. The van der Waals surface area contributed by atoms with E-state index >= 15 is 0 Å². The predicted octanol–water partition coefficient (Wildman–Crippen LogP) is 2.69. The lowest BCUT2D eigenvalue weighted by Crippen LogP contribution is -2.59. The molecule has 1 aromatic heterocycles. The van der Waals surface area contributed by atoms with Gasteiger partial charge in [-0.3, -0.25) is 4.79 Å². The summed E-state index contributed by atoms with van der Waals surface area (Å²) >= 11 is 0. The Kier molecular flexibility index (Phi) is 15.7. The van der Waals surface area contributed by atoms with Gasteiger partial charge in [-0.1, -0.05) is 20.8 Å². The number of aliphatic hydroxyl groups is 4. The van der Waals surface area contributed by atoms with E-state index in [1.54, 1.807) is 34.1 Å². The van der Waals surface area contributed by atoms with Gasteiger partial charge in [0.1, 0.15) is 23.9 Å². The molecule has 15 heteroatoms. The van der Waals surface area contributed by atoms with Crippen LogP contribution in [0.5, 0.6) is 0 Å². The second-order valence-electron chi connectivity index (χ2n) is 17.9. The van der Waals surface area contributed by atoms with Gasteiger partial charge in [0, 0.05) is 57.5 Å². The third kappa shape index (κ3) is 11.0. The number of carbonyl (C=O) groups excluding carboxylic acids is 1. The third-order valence-corrected chi connectivity index (χ3v) is 13.2. The zero-order valence-corrected chi connectivity index (χ0v) is 35.5. The van der Waals surface area contributed by atoms with E-state index in [1.165, 1.54) is 6.92 Å². The van der Waals surface area contributed by atoms with Crippen molar-refractivity contribution >= 4 is 5.97 Å². The van der Waals surface area contributed by atoms with Gasteiger partial charge in [0.05, 0.1) is 53.4 Å². The normalized spacial score (nSPS) is 44.8. The minimum absolute atomic E-state index is 0.0638. The van der Waals surface area contributed by atoms with E-state index in [1.807, 2.05) is 39.6 Å². The lowest BCUT2D eigenvalue weighted by molar-refractivity contribution is -0.263. The lowest BCUT2D eigenvalue weighted by Gasteiger charge is -2.49. The molecule has 0 saturated carbocycles. The van der Waals surface area contributed by atoms with E-state index in [4.69, 9.17) is 23.7 Å². The molecule has 3 fully saturated rings. The van der Waals surface area contributed by atoms with E-state index in [2.05, 4.69) is 34.3 Å². The number of cyclic esters (lactones) is 1. The quantitative estimate of drug-likeness (QED) is 0.230. The molecular weight excluding hydrogens is 710 g/mol. The third-order valence-electron chi connectivity index (χ3n) is 13.2. The number of esters is 1. The molecule has 4 heterocycles. The molecule has 15 nitrogen and oxygen atoms in total. The van der Waals surface area contributed by atoms with Crippen LogP contribution in [-0.2, 0) is 34.9 Å². The molecule has 0 aliphatic carbocycles. The zero-order chi connectivity index (χ0) is 41.0. The number of aromatic amines is 1. The number of methoxy groups -OCH3 is 1. The Morgan fingerprint density at radius 1 is 1.04 bits per heavy atom. The minimum atomic E-state index is -1.75. The molecular formula is C40H73N5O10. The second-order valence-corrected chi connectivity index (χ2v) is 17.9. The Morgan fingerprint density at radius 3 is 2.35 bits per heavy atom. The van der Waals surface area contributed by atoms with E-state index in [0.29, 0.717) is 19.4 Å². The van der Waals surface area contributed by atoms with Gasteiger partial charge in [-0.05, 0) is 87.2 Å². The zero-order valence-electron chi connectivity index (χ0n) is 35.5. The predicted molar refractivity (Wildman–Crippen MR) is 206 cm³/mol. The average Bonchev–Trinajstić information content (AvgIpc) is 3.65. The number of aliphatic hydroxyl groups excluding tert-OH is 2. The highest BCUT2D eigenvalue weighted by Gasteiger charge is 2.52. The fourth-order valence-corrected chi connectivity index (χ4v) is 9.29. The van der Waals surface area contributed by atoms with E-state index < -0.39 is 83.6 Å². The molecule has 1 aromatic rings. The Labute approximate surface area is 328 Å². The topological polar surface area (TPSA) is 192 Å². The summed E-state index contributed by atoms with van der Waals surface area (Å²) < 4.78 is 31.9. The summed E-state index contributed by atoms with van der Waals surface area (Å²) in [5.74, 6) is -2.01. The van der Waals surface area contributed by atoms with Crippen molar-refractivity contribution in [2.45, 2.75) is 185 Å². The summed E-state index contributed by atoms with van der Waals surface area (Å²) in [5.41, 5.74) is -3.23. The highest BCUT2D eigenvalue weighted by molar-refractivity contribution is 5.72. The summed E-state index contributed by atoms with van der Waals surface area (Å²) in [6.45, 7) is 17.7. The van der Waals surface area contributed by atoms with E-state index in [9.17, 15) is 25.2 Å². The number of carbonyl (C=O) groups is 1. The van der Waals surface area contributed by atoms with Crippen molar-refractivity contribution in [1.82, 2.24) is 25.2 Å². The summed E-state index contributed by atoms with van der Waals surface area (Å²) in [5, 5.41) is 57.8. The average molecular weight is 784 g/mol. The van der Waals surface area contributed by atoms with Crippen LogP contribution >= 0.6 is 0 Å². The summed E-state index contributed by atoms with van der Waals surface area (Å²) in [6.07, 6.45) is -0.998. The molecule has 3 aliphatic heterocycles. The fraction of sp³-hybridized carbons (Fsp3) is 0.925. The Morgan fingerprint density at radius 2 is 1.73 bits per heavy atom. The molecule has 55 heavy (non-hydrogen) atoms. The van der Waals surface area contributed by atoms with Gasteiger partial charge in [-0.25, -0.2) is 0 Å². The van der Waals surface area contributed by atoms with Gasteiger partial charge in [-0.15, -0.1) is 0 Å². The number of H-pyrrole nitrogens is 1. The van der Waals surface area contributed by atoms with Gasteiger partial charge < -0.3 is 53.9 Å². The number of nitrogens with zero attached hydrogens (tertiary/aromatic N) is 4. The molecule has 0 spiro atoms. The van der Waals surface area contributed by atoms with Crippen LogP contribution in [0.1, 0.15) is 107 Å². The van der Waals surface area contributed by atoms with Crippen molar-refractivity contribution < 1.29 is 48.9 Å². The summed E-state index contributed by atoms with van der Waals surface area (Å²) in [7, 11) is 5.53. The first-order chi connectivity index (χ1) is 25.6. The first-order valence-electron chi connectivity index (χ1n) is 20.4. The maximum Gasteiger partial charge on any atom is 0.309 e. The van der Waals surface area contributed by atoms with Crippen LogP contribution in [0.15, 0.2) is 6.20 Å². The molecule has 4 rings (SSSR count). The van der Waals surface area contributed by atoms with Crippen LogP contribution in [0.25, 0.3) is 0 Å². The van der Waals surface area contributed by atoms with Gasteiger partial charge >= 0.3 is 5.97 Å². The largest absolute Gasteiger partial charge is 0.459 e. The Bertz CT molecular complexity index is 1340. The molecule has 5 N–H and O–H groups in total. The monoisotopic (exact) mass is 784 g/mol. The minimum Gasteiger partial charge on any atom is -0.459 e. The van der Waals surface area contributed by atoms with Crippen LogP contribution < -0.4 is 0 Å². The maximum absolute atomic E-state index is 14.3. The standard InChI is InChI=1S/C40H73N5O10/c1-13-32-40(9,50)35(46)26(5)45(11)22-23(2)19-38(7,49)33(54-34-17-29(16-24(3)52-34)44(10)15-14-28-21-41-43-42-28)18-30(25(4)37(48)55-32)31-20-39(8,51-12)36(47)27(6)53-31/h21,23-27,29-36,46-47,49-50H,13-20,22H2,1-12H3,(H,41,42,43)/t23-,24-,25-,26-,27+,29+,30+,31?,32-,33-,34+,35-,36+,38-,39-,40-/m1/s1. The molecule has 0 aromatic carbocycles. The molecule has 3 aliphatic rings. The SMILES string of the molecule is CC[C@H]1OC(=O)[C@H](C)[C@@H](C2C[C@@](C)(OC)[C@@H](O)[C@H](C)O2)C[C@@H](O[C@H]2C[C@@H](N(C)CCc3cn[nH]n3)C[C@@H](C)O2)[C@](C)(O)C[C@@H](C)CN(C)[C@H](C)[C@@H](O)[C@]1(C)O. The second kappa shape index (κ2) is 18.9. The molecule has 0 radical (unpaired) electrons. The van der Waals surface area contributed by atoms with E-state index in [-0.39, 0.29) is 37.3 Å². The molecule has 3 saturated heterocycles. The van der Waals surface area contributed by atoms with Gasteiger partial charge in [-0.2, -0.15) is 15.4 Å². The fourth-order valence-electron chi connectivity index (χ4n) is 9.29. The van der Waals surface area contributed by atoms with Crippen molar-refractivity contribution in [3.8, 4) is 0 Å². The highest BCUT2D eigenvalue weighted by atomic mass is 16.7. The maximum atomic E-state index is 14.3. The van der Waals surface area contributed by atoms with Gasteiger partial charge in [0.25, 0.3) is 0 Å². The number of ether oxygens (including phenoxy) is 5. The van der Waals surface area contributed by atoms with Crippen LogP contribution in [0.4, 0.5) is 0 Å². The molecule has 0 amide bonds. The Hall–Kier alpha value is -1.79. The van der Waals surface area contributed by atoms with Crippen LogP contribution in [-0.4, -0.2) is 164 Å². The number of aromatic nitrogens is 3. The van der Waals surface area contributed by atoms with Crippen LogP contribution in [0.3, 0.4) is 0 Å². The number of likely N-dealkylation sites (N-methyl/N-ethyl adjacent to an activating group) is 2. The number of hydrogen-bond acceptors (Lipinski definition) is 14. The van der Waals surface area contributed by atoms with Crippen molar-refractivity contribution in [3.63, 3.8) is 0 Å². The molecule has 1 unspecified atom stereocenters. The van der Waals surface area contributed by atoms with Crippen molar-refractivity contribution in [2.24, 2.45) is 17.8 Å². The number of nitrogens with one attached hydrogen (secondary N) is 1. The van der Waals surface area contributed by atoms with Gasteiger partial charge in [0.2, 0.25) is 0 Å². The summed E-state index contributed by atoms with van der Waals surface area (Å²) in [4.78, 5) is 18.6. The molecule has 16 atom stereocenters. The van der Waals surface area contributed by atoms with Crippen molar-refractivity contribution in [1.29, 1.82) is 0 Å². The van der Waals surface area contributed by atoms with Crippen LogP contribution in [0.2, 0.25) is 0 Å². The number of hydrogen-bond donors (Lipinski definition) is 5. The first kappa shape index (κ1) is 45.9. The summed E-state index contributed by atoms with van der Waals surface area (Å²) in [6, 6.07) is -0.355. The van der Waals surface area contributed by atoms with Crippen molar-refractivity contribution in [2.75, 3.05) is 34.3 Å². The van der Waals surface area contributed by atoms with Gasteiger partial charge in [0.15, 0.2) is 6.29 Å². The smallest absolute Gasteiger partial charge is 0.309 e. The van der Waals surface area contributed by atoms with Crippen molar-refractivity contribution in [3.05, 3.63) is 11.9 Å².